The van der Waals surface area contributed by atoms with Crippen LogP contribution in [-0.4, -0.2) is 6.61 Å². The van der Waals surface area contributed by atoms with Crippen LogP contribution in [-0.2, 0) is 6.42 Å². The summed E-state index contributed by atoms with van der Waals surface area (Å²) in [4.78, 5) is 0. The zero-order valence-corrected chi connectivity index (χ0v) is 18.5. The van der Waals surface area contributed by atoms with Crippen LogP contribution in [0.4, 0.5) is 22.0 Å². The first kappa shape index (κ1) is 24.5. The van der Waals surface area contributed by atoms with Crippen molar-refractivity contribution in [1.82, 2.24) is 0 Å². The molecule has 0 aromatic heterocycles. The molecule has 3 aromatic rings. The van der Waals surface area contributed by atoms with Gasteiger partial charge >= 0.3 is 0 Å². The smallest absolute Gasteiger partial charge is 0.201 e. The van der Waals surface area contributed by atoms with Crippen molar-refractivity contribution in [3.8, 4) is 5.75 Å². The van der Waals surface area contributed by atoms with Gasteiger partial charge in [-0.25, -0.2) is 17.6 Å². The number of benzene rings is 3. The molecule has 0 saturated carbocycles. The number of aryl methyl sites for hydroxylation is 1. The van der Waals surface area contributed by atoms with E-state index >= 15 is 4.39 Å². The van der Waals surface area contributed by atoms with Crippen molar-refractivity contribution in [3.63, 3.8) is 0 Å². The van der Waals surface area contributed by atoms with E-state index < -0.39 is 45.8 Å². The lowest BCUT2D eigenvalue weighted by Crippen LogP contribution is -2.01. The molecule has 0 amide bonds. The van der Waals surface area contributed by atoms with E-state index in [1.54, 1.807) is 31.2 Å². The number of ether oxygens (including phenoxy) is 1. The summed E-state index contributed by atoms with van der Waals surface area (Å²) >= 11 is 0. The Morgan fingerprint density at radius 1 is 0.879 bits per heavy atom. The fourth-order valence-corrected chi connectivity index (χ4v) is 3.51. The van der Waals surface area contributed by atoms with Crippen LogP contribution in [0.1, 0.15) is 49.8 Å². The van der Waals surface area contributed by atoms with Gasteiger partial charge in [0, 0.05) is 11.1 Å². The van der Waals surface area contributed by atoms with E-state index in [1.165, 1.54) is 18.2 Å². The third kappa shape index (κ3) is 5.44. The molecule has 0 aliphatic carbocycles. The molecule has 3 aromatic carbocycles. The first-order valence-corrected chi connectivity index (χ1v) is 10.9. The molecule has 0 heterocycles. The fraction of sp³-hybridized carbons (Fsp3) is 0.259. The zero-order valence-electron chi connectivity index (χ0n) is 18.5. The summed E-state index contributed by atoms with van der Waals surface area (Å²) in [6.45, 7) is 3.83. The lowest BCUT2D eigenvalue weighted by atomic mass is 10.0. The van der Waals surface area contributed by atoms with E-state index in [4.69, 9.17) is 4.74 Å². The zero-order chi connectivity index (χ0) is 24.0. The quantitative estimate of drug-likeness (QED) is 0.134. The second kappa shape index (κ2) is 11.1. The number of unbranched alkanes of at least 4 members (excludes halogenated alkanes) is 2. The van der Waals surface area contributed by atoms with Gasteiger partial charge in [0.05, 0.1) is 5.39 Å². The van der Waals surface area contributed by atoms with Gasteiger partial charge in [-0.15, -0.1) is 0 Å². The molecule has 0 unspecified atom stereocenters. The number of fused-ring (bicyclic) bond motifs is 1. The number of hydrogen-bond donors (Lipinski definition) is 0. The highest BCUT2D eigenvalue weighted by atomic mass is 19.2. The molecule has 0 saturated heterocycles. The summed E-state index contributed by atoms with van der Waals surface area (Å²) in [5.74, 6) is -7.46. The molecule has 0 N–H and O–H groups in total. The van der Waals surface area contributed by atoms with Crippen LogP contribution in [0.3, 0.4) is 0 Å². The van der Waals surface area contributed by atoms with Crippen molar-refractivity contribution in [2.45, 2.75) is 39.5 Å². The summed E-state index contributed by atoms with van der Waals surface area (Å²) in [5, 5.41) is -0.798. The van der Waals surface area contributed by atoms with Gasteiger partial charge in [-0.05, 0) is 42.8 Å². The average molecular weight is 460 g/mol. The van der Waals surface area contributed by atoms with Gasteiger partial charge in [0.15, 0.2) is 23.2 Å². The average Bonchev–Trinajstić information content (AvgIpc) is 2.82. The van der Waals surface area contributed by atoms with E-state index in [1.807, 2.05) is 0 Å². The largest absolute Gasteiger partial charge is 0.486 e. The van der Waals surface area contributed by atoms with Crippen LogP contribution < -0.4 is 4.74 Å². The molecular formula is C27H25F5O. The van der Waals surface area contributed by atoms with Crippen LogP contribution in [0.25, 0.3) is 22.4 Å². The van der Waals surface area contributed by atoms with Gasteiger partial charge in [-0.2, -0.15) is 4.39 Å². The molecule has 0 bridgehead atoms. The fourth-order valence-electron chi connectivity index (χ4n) is 3.51. The maximum absolute atomic E-state index is 15.0. The van der Waals surface area contributed by atoms with E-state index in [0.717, 1.165) is 43.4 Å². The second-order valence-electron chi connectivity index (χ2n) is 7.69. The lowest BCUT2D eigenvalue weighted by molar-refractivity contribution is 0.333. The Kier molecular flexibility index (Phi) is 8.26. The van der Waals surface area contributed by atoms with Gasteiger partial charge in [-0.3, -0.25) is 0 Å². The number of halogens is 5. The summed E-state index contributed by atoms with van der Waals surface area (Å²) in [5.41, 5.74) is 0.140. The number of rotatable bonds is 9. The molecule has 33 heavy (non-hydrogen) atoms. The highest BCUT2D eigenvalue weighted by Gasteiger charge is 2.23. The van der Waals surface area contributed by atoms with Crippen LogP contribution in [0.2, 0.25) is 0 Å². The Bertz CT molecular complexity index is 1180. The molecule has 0 atom stereocenters. The van der Waals surface area contributed by atoms with Gasteiger partial charge in [0.25, 0.3) is 0 Å². The monoisotopic (exact) mass is 460 g/mol. The standard InChI is InChI=1S/C27H25F5O/c1-3-5-7-8-17-9-11-18(12-10-17)23(28)25(30)20-14-13-19-16-21(33-15-6-4-2)26(31)27(32)22(19)24(20)29/h4,6,9-14,16H,3,5,7-8,15H2,1-2H3. The van der Waals surface area contributed by atoms with E-state index in [0.29, 0.717) is 0 Å². The minimum absolute atomic E-state index is 0.00109. The van der Waals surface area contributed by atoms with E-state index in [-0.39, 0.29) is 17.6 Å². The number of allylic oxidation sites excluding steroid dienone is 1. The summed E-state index contributed by atoms with van der Waals surface area (Å²) in [6.07, 6.45) is 7.23. The summed E-state index contributed by atoms with van der Waals surface area (Å²) in [7, 11) is 0. The van der Waals surface area contributed by atoms with Gasteiger partial charge < -0.3 is 4.74 Å². The summed E-state index contributed by atoms with van der Waals surface area (Å²) < 4.78 is 78.8. The molecule has 3 rings (SSSR count). The van der Waals surface area contributed by atoms with Crippen molar-refractivity contribution < 1.29 is 26.7 Å². The van der Waals surface area contributed by atoms with Crippen molar-refractivity contribution in [2.24, 2.45) is 0 Å². The van der Waals surface area contributed by atoms with Crippen LogP contribution in [0.15, 0.2) is 54.6 Å². The Morgan fingerprint density at radius 3 is 2.27 bits per heavy atom. The molecule has 0 aliphatic heterocycles. The molecule has 0 fully saturated rings. The van der Waals surface area contributed by atoms with Gasteiger partial charge in [0.2, 0.25) is 5.82 Å². The molecule has 6 heteroatoms. The van der Waals surface area contributed by atoms with Crippen LogP contribution in [0, 0.1) is 17.5 Å². The normalized spacial score (nSPS) is 12.5. The Hall–Kier alpha value is -3.15. The van der Waals surface area contributed by atoms with Crippen molar-refractivity contribution in [3.05, 3.63) is 88.8 Å². The van der Waals surface area contributed by atoms with Gasteiger partial charge in [-0.1, -0.05) is 62.2 Å². The molecule has 1 nitrogen and oxygen atoms in total. The predicted octanol–water partition coefficient (Wildman–Crippen LogP) is 8.71. The maximum atomic E-state index is 15.0. The van der Waals surface area contributed by atoms with E-state index in [2.05, 4.69) is 6.92 Å². The Balaban J connectivity index is 1.97. The number of hydrogen-bond acceptors (Lipinski definition) is 1. The molecule has 174 valence electrons. The molecule has 0 spiro atoms. The van der Waals surface area contributed by atoms with Crippen LogP contribution >= 0.6 is 0 Å². The highest BCUT2D eigenvalue weighted by molar-refractivity contribution is 5.91. The molecular weight excluding hydrogens is 435 g/mol. The molecule has 0 aliphatic rings. The topological polar surface area (TPSA) is 9.23 Å². The molecule has 0 radical (unpaired) electrons. The first-order chi connectivity index (χ1) is 15.9. The van der Waals surface area contributed by atoms with Crippen molar-refractivity contribution in [2.75, 3.05) is 6.61 Å². The summed E-state index contributed by atoms with van der Waals surface area (Å²) in [6, 6.07) is 9.55. The second-order valence-corrected chi connectivity index (χ2v) is 7.69. The Morgan fingerprint density at radius 2 is 1.61 bits per heavy atom. The highest BCUT2D eigenvalue weighted by Crippen LogP contribution is 2.36. The van der Waals surface area contributed by atoms with Gasteiger partial charge in [0.1, 0.15) is 12.4 Å². The van der Waals surface area contributed by atoms with Crippen molar-refractivity contribution in [1.29, 1.82) is 0 Å². The van der Waals surface area contributed by atoms with Crippen molar-refractivity contribution >= 4 is 22.4 Å². The Labute approximate surface area is 190 Å². The third-order valence-corrected chi connectivity index (χ3v) is 5.37. The third-order valence-electron chi connectivity index (χ3n) is 5.37. The maximum Gasteiger partial charge on any atom is 0.201 e. The predicted molar refractivity (Wildman–Crippen MR) is 123 cm³/mol. The minimum Gasteiger partial charge on any atom is -0.486 e. The van der Waals surface area contributed by atoms with E-state index in [9.17, 15) is 17.6 Å². The van der Waals surface area contributed by atoms with Crippen LogP contribution in [0.5, 0.6) is 5.75 Å². The minimum atomic E-state index is -1.52. The first-order valence-electron chi connectivity index (χ1n) is 10.9. The SMILES string of the molecule is CC=CCOc1cc2ccc(C(F)=C(F)c3ccc(CCCCC)cc3)c(F)c2c(F)c1F. The lowest BCUT2D eigenvalue weighted by Gasteiger charge is -2.11.